The fraction of sp³-hybridized carbons (Fsp3) is 0.444. The lowest BCUT2D eigenvalue weighted by Crippen LogP contribution is -2.38. The van der Waals surface area contributed by atoms with E-state index in [1.165, 1.54) is 22.8 Å². The molecule has 3 aliphatic heterocycles. The summed E-state index contributed by atoms with van der Waals surface area (Å²) in [5, 5.41) is 0.333. The molecule has 0 aliphatic carbocycles. The van der Waals surface area contributed by atoms with Gasteiger partial charge in [0.15, 0.2) is 0 Å². The standard InChI is InChI=1S/C27H30ClFN4O3/c1-27(2,3)36-24(34)16-33-25(17-4-6-22(29)21(28)14-17)30-23-7-5-19(15-20(23)26(33)35)32-13-12-31-10-8-18(32)9-11-31/h4-7,14-15,18H,8-13,16H2,1-3H3. The largest absolute Gasteiger partial charge is 0.459 e. The van der Waals surface area contributed by atoms with Gasteiger partial charge in [-0.15, -0.1) is 0 Å². The van der Waals surface area contributed by atoms with Crippen molar-refractivity contribution < 1.29 is 13.9 Å². The van der Waals surface area contributed by atoms with Crippen molar-refractivity contribution in [2.75, 3.05) is 31.1 Å². The molecule has 190 valence electrons. The second-order valence-corrected chi connectivity index (χ2v) is 10.9. The first-order valence-electron chi connectivity index (χ1n) is 12.3. The number of hydrogen-bond donors (Lipinski definition) is 0. The summed E-state index contributed by atoms with van der Waals surface area (Å²) < 4.78 is 20.6. The summed E-state index contributed by atoms with van der Waals surface area (Å²) in [5.41, 5.74) is 0.857. The molecule has 0 N–H and O–H groups in total. The summed E-state index contributed by atoms with van der Waals surface area (Å²) in [6.45, 7) is 9.08. The van der Waals surface area contributed by atoms with Crippen molar-refractivity contribution in [1.29, 1.82) is 0 Å². The zero-order valence-electron chi connectivity index (χ0n) is 20.8. The van der Waals surface area contributed by atoms with E-state index >= 15 is 0 Å². The number of fused-ring (bicyclic) bond motifs is 5. The highest BCUT2D eigenvalue weighted by Crippen LogP contribution is 2.30. The number of ether oxygens (including phenoxy) is 1. The molecule has 3 aromatic rings. The molecule has 1 aromatic heterocycles. The number of esters is 1. The summed E-state index contributed by atoms with van der Waals surface area (Å²) in [4.78, 5) is 36.2. The predicted molar refractivity (Wildman–Crippen MR) is 139 cm³/mol. The minimum Gasteiger partial charge on any atom is -0.459 e. The van der Waals surface area contributed by atoms with Gasteiger partial charge in [0.05, 0.1) is 15.9 Å². The zero-order chi connectivity index (χ0) is 25.6. The van der Waals surface area contributed by atoms with Gasteiger partial charge in [-0.3, -0.25) is 14.2 Å². The van der Waals surface area contributed by atoms with Crippen LogP contribution in [0, 0.1) is 5.82 Å². The molecule has 6 rings (SSSR count). The minimum atomic E-state index is -0.709. The van der Waals surface area contributed by atoms with Crippen LogP contribution in [0.5, 0.6) is 0 Å². The minimum absolute atomic E-state index is 0.0900. The van der Waals surface area contributed by atoms with Crippen LogP contribution in [0.4, 0.5) is 10.1 Å². The highest BCUT2D eigenvalue weighted by atomic mass is 35.5. The van der Waals surface area contributed by atoms with Crippen molar-refractivity contribution >= 4 is 34.2 Å². The van der Waals surface area contributed by atoms with Gasteiger partial charge in [-0.25, -0.2) is 9.37 Å². The summed E-state index contributed by atoms with van der Waals surface area (Å²) in [6, 6.07) is 10.3. The van der Waals surface area contributed by atoms with E-state index in [1.807, 2.05) is 18.2 Å². The van der Waals surface area contributed by atoms with E-state index in [9.17, 15) is 14.0 Å². The van der Waals surface area contributed by atoms with Crippen LogP contribution in [0.25, 0.3) is 22.3 Å². The molecule has 0 amide bonds. The molecule has 3 fully saturated rings. The Balaban J connectivity index is 1.62. The van der Waals surface area contributed by atoms with Crippen LogP contribution in [0.3, 0.4) is 0 Å². The van der Waals surface area contributed by atoms with E-state index in [-0.39, 0.29) is 23.0 Å². The van der Waals surface area contributed by atoms with E-state index in [0.717, 1.165) is 44.7 Å². The third-order valence-corrected chi connectivity index (χ3v) is 7.10. The van der Waals surface area contributed by atoms with E-state index in [2.05, 4.69) is 9.80 Å². The van der Waals surface area contributed by atoms with Crippen LogP contribution < -0.4 is 10.5 Å². The van der Waals surface area contributed by atoms with Crippen molar-refractivity contribution in [3.63, 3.8) is 0 Å². The van der Waals surface area contributed by atoms with E-state index < -0.39 is 17.4 Å². The van der Waals surface area contributed by atoms with Gasteiger partial charge >= 0.3 is 5.97 Å². The first-order chi connectivity index (χ1) is 17.1. The summed E-state index contributed by atoms with van der Waals surface area (Å²) in [5.74, 6) is -0.904. The van der Waals surface area contributed by atoms with Gasteiger partial charge in [0.2, 0.25) is 0 Å². The van der Waals surface area contributed by atoms with E-state index in [4.69, 9.17) is 21.3 Å². The summed E-state index contributed by atoms with van der Waals surface area (Å²) in [6.07, 6.45) is 2.20. The van der Waals surface area contributed by atoms with E-state index in [1.54, 1.807) is 20.8 Å². The average molecular weight is 513 g/mol. The van der Waals surface area contributed by atoms with Crippen LogP contribution in [-0.2, 0) is 16.1 Å². The Kier molecular flexibility index (Phi) is 6.51. The molecule has 0 spiro atoms. The van der Waals surface area contributed by atoms with Gasteiger partial charge in [0.1, 0.15) is 23.8 Å². The van der Waals surface area contributed by atoms with Crippen LogP contribution in [0.1, 0.15) is 33.6 Å². The molecule has 0 atom stereocenters. The van der Waals surface area contributed by atoms with Crippen molar-refractivity contribution in [1.82, 2.24) is 14.5 Å². The number of carbonyl (C=O) groups excluding carboxylic acids is 1. The fourth-order valence-corrected chi connectivity index (χ4v) is 5.30. The highest BCUT2D eigenvalue weighted by Gasteiger charge is 2.29. The Morgan fingerprint density at radius 2 is 1.86 bits per heavy atom. The molecule has 3 saturated heterocycles. The summed E-state index contributed by atoms with van der Waals surface area (Å²) in [7, 11) is 0. The number of aromatic nitrogens is 2. The molecule has 36 heavy (non-hydrogen) atoms. The van der Waals surface area contributed by atoms with Crippen molar-refractivity contribution in [2.24, 2.45) is 0 Å². The Bertz CT molecular complexity index is 1380. The van der Waals surface area contributed by atoms with Gasteiger partial charge < -0.3 is 14.5 Å². The number of rotatable bonds is 4. The number of piperidine rings is 1. The Morgan fingerprint density at radius 3 is 2.56 bits per heavy atom. The second-order valence-electron chi connectivity index (χ2n) is 10.5. The zero-order valence-corrected chi connectivity index (χ0v) is 21.5. The van der Waals surface area contributed by atoms with Crippen molar-refractivity contribution in [3.8, 4) is 11.4 Å². The maximum atomic E-state index is 13.9. The van der Waals surface area contributed by atoms with Gasteiger partial charge in [0, 0.05) is 43.5 Å². The topological polar surface area (TPSA) is 67.7 Å². The Morgan fingerprint density at radius 1 is 1.11 bits per heavy atom. The SMILES string of the molecule is CC(C)(C)OC(=O)Cn1c(-c2ccc(F)c(Cl)c2)nc2ccc(N3CCN4CCC3CC4)cc2c1=O. The molecule has 7 nitrogen and oxygen atoms in total. The third kappa shape index (κ3) is 4.97. The number of benzene rings is 2. The molecule has 0 saturated carbocycles. The van der Waals surface area contributed by atoms with Gasteiger partial charge in [0.25, 0.3) is 5.56 Å². The maximum Gasteiger partial charge on any atom is 0.326 e. The van der Waals surface area contributed by atoms with Crippen LogP contribution in [0.2, 0.25) is 5.02 Å². The smallest absolute Gasteiger partial charge is 0.326 e. The highest BCUT2D eigenvalue weighted by molar-refractivity contribution is 6.31. The molecule has 9 heteroatoms. The normalized spacial score (nSPS) is 20.0. The number of nitrogens with zero attached hydrogens (tertiary/aromatic N) is 4. The molecule has 2 aromatic carbocycles. The fourth-order valence-electron chi connectivity index (χ4n) is 5.12. The lowest BCUT2D eigenvalue weighted by atomic mass is 10.0. The van der Waals surface area contributed by atoms with E-state index in [0.29, 0.717) is 22.5 Å². The molecule has 4 heterocycles. The molecule has 0 unspecified atom stereocenters. The predicted octanol–water partition coefficient (Wildman–Crippen LogP) is 4.48. The lowest BCUT2D eigenvalue weighted by molar-refractivity contribution is -0.155. The third-order valence-electron chi connectivity index (χ3n) is 6.81. The molecule has 2 bridgehead atoms. The maximum absolute atomic E-state index is 13.9. The van der Waals surface area contributed by atoms with Crippen LogP contribution in [0.15, 0.2) is 41.2 Å². The average Bonchev–Trinajstić information content (AvgIpc) is 3.15. The quantitative estimate of drug-likeness (QED) is 0.480. The Hall–Kier alpha value is -2.97. The Labute approximate surface area is 214 Å². The van der Waals surface area contributed by atoms with Gasteiger partial charge in [-0.2, -0.15) is 0 Å². The molecular formula is C27H30ClFN4O3. The van der Waals surface area contributed by atoms with Crippen LogP contribution in [-0.4, -0.2) is 58.2 Å². The monoisotopic (exact) mass is 512 g/mol. The lowest BCUT2D eigenvalue weighted by Gasteiger charge is -2.33. The number of carbonyl (C=O) groups is 1. The van der Waals surface area contributed by atoms with Gasteiger partial charge in [-0.1, -0.05) is 11.6 Å². The van der Waals surface area contributed by atoms with Crippen molar-refractivity contribution in [3.05, 3.63) is 57.6 Å². The first-order valence-corrected chi connectivity index (χ1v) is 12.7. The molecule has 0 radical (unpaired) electrons. The number of halogens is 2. The summed E-state index contributed by atoms with van der Waals surface area (Å²) >= 11 is 6.03. The van der Waals surface area contributed by atoms with Crippen molar-refractivity contribution in [2.45, 2.75) is 51.8 Å². The van der Waals surface area contributed by atoms with Gasteiger partial charge in [-0.05, 0) is 70.0 Å². The first kappa shape index (κ1) is 24.7. The number of anilines is 1. The number of hydrogen-bond acceptors (Lipinski definition) is 6. The second kappa shape index (κ2) is 9.48. The molecular weight excluding hydrogens is 483 g/mol. The van der Waals surface area contributed by atoms with Crippen LogP contribution >= 0.6 is 11.6 Å². The molecule has 3 aliphatic rings.